The molecule has 4 rings (SSSR count). The van der Waals surface area contributed by atoms with Crippen molar-refractivity contribution in [3.8, 4) is 5.88 Å². The minimum Gasteiger partial charge on any atom is -0.494 e. The number of hydrogen-bond donors (Lipinski definition) is 3. The fourth-order valence-electron chi connectivity index (χ4n) is 2.79. The summed E-state index contributed by atoms with van der Waals surface area (Å²) in [5, 5.41) is 14.4. The van der Waals surface area contributed by atoms with E-state index < -0.39 is 0 Å². The van der Waals surface area contributed by atoms with Crippen LogP contribution >= 0.6 is 0 Å². The van der Waals surface area contributed by atoms with E-state index in [4.69, 9.17) is 0 Å². The van der Waals surface area contributed by atoms with Gasteiger partial charge in [-0.2, -0.15) is 0 Å². The van der Waals surface area contributed by atoms with Crippen molar-refractivity contribution in [1.82, 2.24) is 9.97 Å². The van der Waals surface area contributed by atoms with Gasteiger partial charge in [-0.3, -0.25) is 9.98 Å². The lowest BCUT2D eigenvalue weighted by molar-refractivity contribution is 0.457. The number of aromatic hydroxyl groups is 1. The molecule has 2 aromatic heterocycles. The number of benzene rings is 2. The van der Waals surface area contributed by atoms with E-state index >= 15 is 0 Å². The third-order valence-corrected chi connectivity index (χ3v) is 4.15. The van der Waals surface area contributed by atoms with Gasteiger partial charge in [-0.15, -0.1) is 0 Å². The molecule has 0 radical (unpaired) electrons. The van der Waals surface area contributed by atoms with Crippen molar-refractivity contribution in [3.63, 3.8) is 0 Å². The van der Waals surface area contributed by atoms with Crippen molar-refractivity contribution >= 4 is 28.5 Å². The number of H-pyrrole nitrogens is 1. The van der Waals surface area contributed by atoms with Gasteiger partial charge in [-0.25, -0.2) is 0 Å². The Kier molecular flexibility index (Phi) is 4.35. The lowest BCUT2D eigenvalue weighted by Gasteiger charge is -2.06. The van der Waals surface area contributed by atoms with Crippen LogP contribution in [0.5, 0.6) is 5.88 Å². The molecule has 0 bridgehead atoms. The van der Waals surface area contributed by atoms with Gasteiger partial charge in [0.2, 0.25) is 0 Å². The molecule has 0 amide bonds. The number of para-hydroxylation sites is 1. The molecular formula is C21H18N4O. The van der Waals surface area contributed by atoms with E-state index in [1.807, 2.05) is 66.9 Å². The van der Waals surface area contributed by atoms with Gasteiger partial charge in [0.05, 0.1) is 11.3 Å². The van der Waals surface area contributed by atoms with Crippen molar-refractivity contribution in [3.05, 3.63) is 84.2 Å². The van der Waals surface area contributed by atoms with Crippen LogP contribution in [-0.4, -0.2) is 21.3 Å². The van der Waals surface area contributed by atoms with Crippen molar-refractivity contribution in [2.75, 3.05) is 5.32 Å². The smallest absolute Gasteiger partial charge is 0.198 e. The Morgan fingerprint density at radius 1 is 1.04 bits per heavy atom. The maximum atomic E-state index is 10.1. The quantitative estimate of drug-likeness (QED) is 0.463. The average molecular weight is 342 g/mol. The summed E-state index contributed by atoms with van der Waals surface area (Å²) in [5.74, 6) is 0.129. The highest BCUT2D eigenvalue weighted by atomic mass is 16.3. The summed E-state index contributed by atoms with van der Waals surface area (Å²) < 4.78 is 0. The molecule has 5 heteroatoms. The summed E-state index contributed by atoms with van der Waals surface area (Å²) in [6.07, 6.45) is 5.30. The number of aromatic amines is 1. The van der Waals surface area contributed by atoms with Crippen LogP contribution in [0.4, 0.5) is 11.4 Å². The molecule has 0 fully saturated rings. The number of pyridine rings is 1. The van der Waals surface area contributed by atoms with Crippen LogP contribution in [0.25, 0.3) is 10.9 Å². The number of nitrogens with one attached hydrogen (secondary N) is 2. The van der Waals surface area contributed by atoms with Crippen molar-refractivity contribution < 1.29 is 5.11 Å². The second-order valence-corrected chi connectivity index (χ2v) is 5.95. The second-order valence-electron chi connectivity index (χ2n) is 5.95. The molecule has 2 aromatic carbocycles. The molecule has 0 spiro atoms. The molecule has 0 aliphatic carbocycles. The summed E-state index contributed by atoms with van der Waals surface area (Å²) in [5.41, 5.74) is 4.55. The number of rotatable bonds is 5. The number of aliphatic imine (C=N–C) groups is 1. The molecule has 0 aliphatic heterocycles. The molecule has 0 saturated heterocycles. The predicted molar refractivity (Wildman–Crippen MR) is 105 cm³/mol. The molecule has 128 valence electrons. The zero-order chi connectivity index (χ0) is 17.8. The molecule has 4 aromatic rings. The van der Waals surface area contributed by atoms with Crippen LogP contribution in [0.15, 0.2) is 78.0 Å². The summed E-state index contributed by atoms with van der Waals surface area (Å²) in [6.45, 7) is 0.722. The highest BCUT2D eigenvalue weighted by molar-refractivity contribution is 6.02. The van der Waals surface area contributed by atoms with Crippen LogP contribution in [0.3, 0.4) is 0 Å². The Morgan fingerprint density at radius 2 is 1.88 bits per heavy atom. The normalized spacial score (nSPS) is 11.2. The second kappa shape index (κ2) is 7.11. The first-order chi connectivity index (χ1) is 12.8. The van der Waals surface area contributed by atoms with Gasteiger partial charge in [0.25, 0.3) is 0 Å². The lowest BCUT2D eigenvalue weighted by Crippen LogP contribution is -1.98. The van der Waals surface area contributed by atoms with Gasteiger partial charge in [0, 0.05) is 41.7 Å². The van der Waals surface area contributed by atoms with Crippen LogP contribution in [-0.2, 0) is 6.54 Å². The third kappa shape index (κ3) is 3.42. The fraction of sp³-hybridized carbons (Fsp3) is 0.0476. The topological polar surface area (TPSA) is 73.3 Å². The number of fused-ring (bicyclic) bond motifs is 1. The minimum atomic E-state index is 0.129. The Balaban J connectivity index is 1.47. The Bertz CT molecular complexity index is 1040. The molecule has 0 saturated carbocycles. The van der Waals surface area contributed by atoms with Crippen LogP contribution in [0.2, 0.25) is 0 Å². The van der Waals surface area contributed by atoms with Gasteiger partial charge in [-0.1, -0.05) is 24.3 Å². The maximum absolute atomic E-state index is 10.1. The summed E-state index contributed by atoms with van der Waals surface area (Å²) in [4.78, 5) is 11.5. The zero-order valence-electron chi connectivity index (χ0n) is 14.1. The van der Waals surface area contributed by atoms with Gasteiger partial charge >= 0.3 is 0 Å². The zero-order valence-corrected chi connectivity index (χ0v) is 14.1. The summed E-state index contributed by atoms with van der Waals surface area (Å²) in [7, 11) is 0. The third-order valence-electron chi connectivity index (χ3n) is 4.15. The molecule has 2 heterocycles. The first-order valence-electron chi connectivity index (χ1n) is 8.36. The molecule has 0 aliphatic rings. The SMILES string of the molecule is Oc1[nH]c2ccccc2c1C=Nc1ccc(NCc2cccnc2)cc1. The highest BCUT2D eigenvalue weighted by Gasteiger charge is 2.07. The Labute approximate surface area is 151 Å². The molecular weight excluding hydrogens is 324 g/mol. The van der Waals surface area contributed by atoms with E-state index in [1.54, 1.807) is 12.4 Å². The van der Waals surface area contributed by atoms with E-state index in [-0.39, 0.29) is 5.88 Å². The van der Waals surface area contributed by atoms with Gasteiger partial charge < -0.3 is 15.4 Å². The van der Waals surface area contributed by atoms with Crippen LogP contribution in [0, 0.1) is 0 Å². The number of anilines is 1. The van der Waals surface area contributed by atoms with Gasteiger partial charge in [0.15, 0.2) is 5.88 Å². The van der Waals surface area contributed by atoms with E-state index in [2.05, 4.69) is 20.3 Å². The largest absolute Gasteiger partial charge is 0.494 e. The molecule has 3 N–H and O–H groups in total. The van der Waals surface area contributed by atoms with Gasteiger partial charge in [-0.05, 0) is 42.0 Å². The minimum absolute atomic E-state index is 0.129. The Morgan fingerprint density at radius 3 is 2.69 bits per heavy atom. The highest BCUT2D eigenvalue weighted by Crippen LogP contribution is 2.26. The number of aromatic nitrogens is 2. The summed E-state index contributed by atoms with van der Waals surface area (Å²) in [6, 6.07) is 19.6. The molecule has 5 nitrogen and oxygen atoms in total. The van der Waals surface area contributed by atoms with E-state index in [0.717, 1.165) is 34.4 Å². The van der Waals surface area contributed by atoms with Crippen molar-refractivity contribution in [1.29, 1.82) is 0 Å². The summed E-state index contributed by atoms with van der Waals surface area (Å²) >= 11 is 0. The molecule has 26 heavy (non-hydrogen) atoms. The standard InChI is InChI=1S/C21H18N4O/c26-21-19(18-5-1-2-6-20(18)25-21)14-24-17-9-7-16(8-10-17)23-13-15-4-3-11-22-12-15/h1-12,14,23,25-26H,13H2. The number of hydrogen-bond acceptors (Lipinski definition) is 4. The maximum Gasteiger partial charge on any atom is 0.198 e. The van der Waals surface area contributed by atoms with Crippen molar-refractivity contribution in [2.24, 2.45) is 4.99 Å². The molecule has 0 atom stereocenters. The van der Waals surface area contributed by atoms with E-state index in [1.165, 1.54) is 0 Å². The fourth-order valence-corrected chi connectivity index (χ4v) is 2.79. The van der Waals surface area contributed by atoms with Crippen molar-refractivity contribution in [2.45, 2.75) is 6.54 Å². The van der Waals surface area contributed by atoms with Crippen LogP contribution < -0.4 is 5.32 Å². The monoisotopic (exact) mass is 342 g/mol. The van der Waals surface area contributed by atoms with Gasteiger partial charge in [0.1, 0.15) is 0 Å². The number of nitrogens with zero attached hydrogens (tertiary/aromatic N) is 2. The Hall–Kier alpha value is -3.60. The van der Waals surface area contributed by atoms with Crippen LogP contribution in [0.1, 0.15) is 11.1 Å². The molecule has 0 unspecified atom stereocenters. The van der Waals surface area contributed by atoms with E-state index in [9.17, 15) is 5.11 Å². The first-order valence-corrected chi connectivity index (χ1v) is 8.36. The average Bonchev–Trinajstić information content (AvgIpc) is 3.01. The lowest BCUT2D eigenvalue weighted by atomic mass is 10.2. The van der Waals surface area contributed by atoms with E-state index in [0.29, 0.717) is 5.56 Å². The predicted octanol–water partition coefficient (Wildman–Crippen LogP) is 4.63. The first kappa shape index (κ1) is 15.9.